The third-order valence-electron chi connectivity index (χ3n) is 0.235. The summed E-state index contributed by atoms with van der Waals surface area (Å²) in [6.07, 6.45) is 0. The number of primary amides is 1. The molecule has 9 heavy (non-hydrogen) atoms. The molecule has 0 atom stereocenters. The second kappa shape index (κ2) is 6.50. The minimum atomic E-state index is -0.822. The first kappa shape index (κ1) is 12.1. The summed E-state index contributed by atoms with van der Waals surface area (Å²) in [7, 11) is 0. The van der Waals surface area contributed by atoms with E-state index in [-0.39, 0.29) is 33.9 Å². The van der Waals surface area contributed by atoms with Gasteiger partial charge in [-0.1, -0.05) is 0 Å². The molecular weight excluding hydrogens is 171 g/mol. The summed E-state index contributed by atoms with van der Waals surface area (Å²) in [6.45, 7) is 0. The van der Waals surface area contributed by atoms with Crippen molar-refractivity contribution in [2.75, 3.05) is 0 Å². The van der Waals surface area contributed by atoms with E-state index in [0.29, 0.717) is 0 Å². The van der Waals surface area contributed by atoms with Crippen molar-refractivity contribution in [2.45, 2.75) is 0 Å². The largest absolute Gasteiger partial charge is 1.00 e. The van der Waals surface area contributed by atoms with E-state index in [0.717, 1.165) is 0 Å². The van der Waals surface area contributed by atoms with Crippen LogP contribution in [0.3, 0.4) is 0 Å². The molecule has 2 amide bonds. The smallest absolute Gasteiger partial charge is 0.399 e. The predicted octanol–water partition coefficient (Wildman–Crippen LogP) is -3.58. The fraction of sp³-hybridized carbons (Fsp3) is 0. The summed E-state index contributed by atoms with van der Waals surface area (Å²) >= 11 is 8.47. The Balaban J connectivity index is 0. The van der Waals surface area contributed by atoms with Crippen molar-refractivity contribution in [2.24, 2.45) is 5.73 Å². The molecular formula is C2H3N2NaO2S2. The number of nitrogens with two attached hydrogens (primary N) is 1. The van der Waals surface area contributed by atoms with Gasteiger partial charge >= 0.3 is 35.6 Å². The molecule has 0 aliphatic heterocycles. The maximum atomic E-state index is 9.78. The SMILES string of the molecule is NC(=O)NOC(=S)[S-].[Na+]. The van der Waals surface area contributed by atoms with E-state index in [4.69, 9.17) is 0 Å². The van der Waals surface area contributed by atoms with Gasteiger partial charge in [-0.2, -0.15) is 5.48 Å². The predicted molar refractivity (Wildman–Crippen MR) is 33.8 cm³/mol. The summed E-state index contributed by atoms with van der Waals surface area (Å²) in [6, 6.07) is -0.822. The molecule has 0 aromatic carbocycles. The average molecular weight is 174 g/mol. The third kappa shape index (κ3) is 11.8. The molecule has 0 aromatic rings. The van der Waals surface area contributed by atoms with Gasteiger partial charge in [0.25, 0.3) is 0 Å². The summed E-state index contributed by atoms with van der Waals surface area (Å²) < 4.78 is -0.191. The minimum Gasteiger partial charge on any atom is -0.399 e. The Morgan fingerprint density at radius 3 is 2.33 bits per heavy atom. The number of carbonyl (C=O) groups is 1. The molecule has 0 radical (unpaired) electrons. The number of hydrogen-bond acceptors (Lipinski definition) is 4. The second-order valence-electron chi connectivity index (χ2n) is 0.818. The number of rotatable bonds is 0. The van der Waals surface area contributed by atoms with Crippen molar-refractivity contribution < 1.29 is 39.2 Å². The van der Waals surface area contributed by atoms with Crippen molar-refractivity contribution in [3.8, 4) is 0 Å². The second-order valence-corrected chi connectivity index (χ2v) is 1.82. The van der Waals surface area contributed by atoms with Crippen LogP contribution in [0.5, 0.6) is 0 Å². The van der Waals surface area contributed by atoms with Crippen molar-refractivity contribution in [1.29, 1.82) is 0 Å². The maximum absolute atomic E-state index is 9.78. The molecule has 0 unspecified atom stereocenters. The molecule has 4 nitrogen and oxygen atoms in total. The Hall–Kier alpha value is 0.380. The summed E-state index contributed by atoms with van der Waals surface area (Å²) in [5, 5.41) is 0. The average Bonchev–Trinajstić information content (AvgIpc) is 1.61. The zero-order valence-corrected chi connectivity index (χ0v) is 8.34. The van der Waals surface area contributed by atoms with Crippen LogP contribution in [0.25, 0.3) is 0 Å². The van der Waals surface area contributed by atoms with Crippen LogP contribution in [0, 0.1) is 0 Å². The van der Waals surface area contributed by atoms with Gasteiger partial charge in [-0.05, 0) is 0 Å². The van der Waals surface area contributed by atoms with Crippen LogP contribution >= 0.6 is 12.2 Å². The molecule has 0 fully saturated rings. The zero-order valence-electron chi connectivity index (χ0n) is 4.71. The van der Waals surface area contributed by atoms with Gasteiger partial charge in [0.2, 0.25) is 0 Å². The summed E-state index contributed by atoms with van der Waals surface area (Å²) in [5.41, 5.74) is 6.30. The number of urea groups is 1. The van der Waals surface area contributed by atoms with Crippen LogP contribution in [0.1, 0.15) is 0 Å². The van der Waals surface area contributed by atoms with Crippen LogP contribution in [0.2, 0.25) is 0 Å². The molecule has 46 valence electrons. The Morgan fingerprint density at radius 1 is 1.78 bits per heavy atom. The summed E-state index contributed by atoms with van der Waals surface area (Å²) in [4.78, 5) is 13.9. The first-order valence-electron chi connectivity index (χ1n) is 1.56. The molecule has 0 spiro atoms. The first-order chi connectivity index (χ1) is 3.63. The minimum absolute atomic E-state index is 0. The van der Waals surface area contributed by atoms with E-state index in [9.17, 15) is 4.79 Å². The van der Waals surface area contributed by atoms with E-state index in [1.807, 2.05) is 0 Å². The van der Waals surface area contributed by atoms with E-state index in [1.54, 1.807) is 5.48 Å². The molecule has 0 aliphatic rings. The summed E-state index contributed by atoms with van der Waals surface area (Å²) in [5.74, 6) is 0. The normalized spacial score (nSPS) is 6.67. The number of hydroxylamine groups is 1. The van der Waals surface area contributed by atoms with Crippen molar-refractivity contribution >= 4 is 35.3 Å². The fourth-order valence-corrected chi connectivity index (χ4v) is 0.175. The van der Waals surface area contributed by atoms with Crippen LogP contribution in [-0.4, -0.2) is 10.4 Å². The molecule has 3 N–H and O–H groups in total. The van der Waals surface area contributed by atoms with Gasteiger partial charge in [-0.15, -0.1) is 0 Å². The molecule has 0 saturated carbocycles. The van der Waals surface area contributed by atoms with Gasteiger partial charge in [-0.25, -0.2) is 4.79 Å². The number of nitrogens with one attached hydrogen (secondary N) is 1. The van der Waals surface area contributed by atoms with Crippen molar-refractivity contribution in [3.05, 3.63) is 0 Å². The van der Waals surface area contributed by atoms with Crippen LogP contribution in [0.15, 0.2) is 0 Å². The fourth-order valence-electron chi connectivity index (χ4n) is 0.0920. The Labute approximate surface area is 85.2 Å². The molecule has 0 saturated heterocycles. The first-order valence-corrected chi connectivity index (χ1v) is 2.38. The number of amides is 2. The van der Waals surface area contributed by atoms with Gasteiger partial charge in [0.15, 0.2) is 0 Å². The number of thiocarbonyl (C=S) groups is 1. The molecule has 0 heterocycles. The standard InChI is InChI=1S/C2H4N2O2S2.Na/c3-1(5)4-6-2(7)8;/h(H,7,8)(H3,3,4,5);/q;+1/p-1. The van der Waals surface area contributed by atoms with E-state index in [2.05, 4.69) is 35.4 Å². The molecule has 0 rings (SSSR count). The van der Waals surface area contributed by atoms with Crippen LogP contribution in [-0.2, 0) is 17.5 Å². The quantitative estimate of drug-likeness (QED) is 0.172. The molecule has 0 bridgehead atoms. The van der Waals surface area contributed by atoms with Crippen molar-refractivity contribution in [3.63, 3.8) is 0 Å². The van der Waals surface area contributed by atoms with Crippen LogP contribution in [0.4, 0.5) is 4.79 Å². The van der Waals surface area contributed by atoms with E-state index in [1.165, 1.54) is 0 Å². The third-order valence-corrected chi connectivity index (χ3v) is 0.402. The monoisotopic (exact) mass is 174 g/mol. The van der Waals surface area contributed by atoms with Crippen molar-refractivity contribution in [1.82, 2.24) is 5.48 Å². The molecule has 7 heteroatoms. The maximum Gasteiger partial charge on any atom is 1.00 e. The van der Waals surface area contributed by atoms with Gasteiger partial charge < -0.3 is 35.4 Å². The Kier molecular flexibility index (Phi) is 8.73. The van der Waals surface area contributed by atoms with Gasteiger partial charge in [-0.3, -0.25) is 0 Å². The van der Waals surface area contributed by atoms with Gasteiger partial charge in [0.1, 0.15) is 0 Å². The molecule has 0 aromatic heterocycles. The Morgan fingerprint density at radius 2 is 2.22 bits per heavy atom. The van der Waals surface area contributed by atoms with Gasteiger partial charge in [0, 0.05) is 0 Å². The van der Waals surface area contributed by atoms with Gasteiger partial charge in [0.05, 0.1) is 4.38 Å². The number of hydrogen-bond donors (Lipinski definition) is 2. The number of carbonyl (C=O) groups excluding carboxylic acids is 1. The van der Waals surface area contributed by atoms with E-state index >= 15 is 0 Å². The van der Waals surface area contributed by atoms with E-state index < -0.39 is 6.03 Å². The topological polar surface area (TPSA) is 64.4 Å². The zero-order chi connectivity index (χ0) is 6.57. The van der Waals surface area contributed by atoms with Crippen LogP contribution < -0.4 is 40.8 Å². The molecule has 0 aliphatic carbocycles. The Bertz CT molecular complexity index is 105.